The molecule has 34 heavy (non-hydrogen) atoms. The molecule has 3 heterocycles. The van der Waals surface area contributed by atoms with Crippen molar-refractivity contribution in [3.8, 4) is 0 Å². The second-order valence-corrected chi connectivity index (χ2v) is 11.6. The lowest BCUT2D eigenvalue weighted by atomic mass is 9.72. The highest BCUT2D eigenvalue weighted by atomic mass is 32.1. The first kappa shape index (κ1) is 23.0. The summed E-state index contributed by atoms with van der Waals surface area (Å²) in [5, 5.41) is 4.09. The number of amides is 2. The van der Waals surface area contributed by atoms with Crippen LogP contribution in [0.1, 0.15) is 43.5 Å². The molecule has 180 valence electrons. The molecule has 2 aromatic heterocycles. The van der Waals surface area contributed by atoms with E-state index in [1.807, 2.05) is 23.2 Å². The summed E-state index contributed by atoms with van der Waals surface area (Å²) < 4.78 is 13.1. The molecule has 0 unspecified atom stereocenters. The van der Waals surface area contributed by atoms with Crippen LogP contribution in [0.2, 0.25) is 0 Å². The van der Waals surface area contributed by atoms with E-state index in [-0.39, 0.29) is 11.8 Å². The third kappa shape index (κ3) is 4.48. The lowest BCUT2D eigenvalue weighted by Gasteiger charge is -2.36. The summed E-state index contributed by atoms with van der Waals surface area (Å²) in [7, 11) is 0. The lowest BCUT2D eigenvalue weighted by Crippen LogP contribution is -2.50. The number of piperazine rings is 1. The van der Waals surface area contributed by atoms with Gasteiger partial charge in [-0.25, -0.2) is 19.2 Å². The number of anilines is 2. The number of nitrogens with zero attached hydrogens (tertiary/aromatic N) is 4. The Morgan fingerprint density at radius 2 is 1.82 bits per heavy atom. The molecule has 2 aliphatic rings. The molecule has 3 aromatic rings. The third-order valence-corrected chi connectivity index (χ3v) is 8.34. The molecule has 2 amide bonds. The fourth-order valence-corrected chi connectivity index (χ4v) is 6.43. The highest BCUT2D eigenvalue weighted by Gasteiger charge is 2.33. The van der Waals surface area contributed by atoms with E-state index in [1.54, 1.807) is 12.1 Å². The number of nitrogens with one attached hydrogen (secondary N) is 1. The predicted molar refractivity (Wildman–Crippen MR) is 136 cm³/mol. The molecule has 1 N–H and O–H groups in total. The van der Waals surface area contributed by atoms with Gasteiger partial charge >= 0.3 is 6.03 Å². The monoisotopic (exact) mass is 481 g/mol. The van der Waals surface area contributed by atoms with Gasteiger partial charge in [0.05, 0.1) is 5.39 Å². The number of hydrogen-bond donors (Lipinski definition) is 1. The van der Waals surface area contributed by atoms with Crippen LogP contribution in [0, 0.1) is 24.1 Å². The molecule has 0 spiro atoms. The van der Waals surface area contributed by atoms with Crippen LogP contribution in [0.5, 0.6) is 0 Å². The Morgan fingerprint density at radius 3 is 2.50 bits per heavy atom. The Hall–Kier alpha value is -2.74. The van der Waals surface area contributed by atoms with Crippen molar-refractivity contribution in [1.82, 2.24) is 14.9 Å². The van der Waals surface area contributed by atoms with E-state index >= 15 is 0 Å². The highest BCUT2D eigenvalue weighted by molar-refractivity contribution is 7.19. The van der Waals surface area contributed by atoms with Gasteiger partial charge in [0.1, 0.15) is 22.3 Å². The van der Waals surface area contributed by atoms with Crippen LogP contribution in [-0.2, 0) is 12.8 Å². The summed E-state index contributed by atoms with van der Waals surface area (Å²) in [4.78, 5) is 29.1. The number of fused-ring (bicyclic) bond motifs is 3. The number of benzene rings is 1. The third-order valence-electron chi connectivity index (χ3n) is 7.19. The number of carbonyl (C=O) groups is 1. The van der Waals surface area contributed by atoms with E-state index in [4.69, 9.17) is 9.97 Å². The van der Waals surface area contributed by atoms with Gasteiger partial charge in [0.15, 0.2) is 0 Å². The van der Waals surface area contributed by atoms with Crippen LogP contribution in [0.3, 0.4) is 0 Å². The molecule has 1 aliphatic carbocycles. The van der Waals surface area contributed by atoms with E-state index in [0.29, 0.717) is 30.1 Å². The average molecular weight is 482 g/mol. The zero-order chi connectivity index (χ0) is 24.0. The Bertz CT molecular complexity index is 1210. The zero-order valence-corrected chi connectivity index (χ0v) is 21.1. The van der Waals surface area contributed by atoms with Gasteiger partial charge in [0.25, 0.3) is 0 Å². The van der Waals surface area contributed by atoms with Crippen LogP contribution in [-0.4, -0.2) is 47.1 Å². The second-order valence-electron chi connectivity index (χ2n) is 10.5. The van der Waals surface area contributed by atoms with Crippen molar-refractivity contribution in [2.24, 2.45) is 11.3 Å². The quantitative estimate of drug-likeness (QED) is 0.514. The molecule has 0 saturated carbocycles. The Morgan fingerprint density at radius 1 is 1.12 bits per heavy atom. The van der Waals surface area contributed by atoms with Gasteiger partial charge in [-0.1, -0.05) is 20.8 Å². The van der Waals surface area contributed by atoms with Crippen LogP contribution in [0.15, 0.2) is 24.3 Å². The van der Waals surface area contributed by atoms with Crippen LogP contribution in [0.4, 0.5) is 20.7 Å². The lowest BCUT2D eigenvalue weighted by molar-refractivity contribution is 0.208. The molecule has 1 atom stereocenters. The predicted octanol–water partition coefficient (Wildman–Crippen LogP) is 5.64. The number of aryl methyl sites for hydroxylation is 2. The van der Waals surface area contributed by atoms with Gasteiger partial charge in [-0.15, -0.1) is 11.3 Å². The molecule has 5 rings (SSSR count). The minimum Gasteiger partial charge on any atom is -0.352 e. The number of aromatic nitrogens is 2. The van der Waals surface area contributed by atoms with Crippen molar-refractivity contribution in [3.05, 3.63) is 46.3 Å². The molecule has 1 aliphatic heterocycles. The number of rotatable bonds is 2. The first-order valence-corrected chi connectivity index (χ1v) is 12.9. The van der Waals surface area contributed by atoms with E-state index in [0.717, 1.165) is 42.4 Å². The normalized spacial score (nSPS) is 18.8. The fraction of sp³-hybridized carbons (Fsp3) is 0.500. The topological polar surface area (TPSA) is 61.4 Å². The van der Waals surface area contributed by atoms with Crippen molar-refractivity contribution in [2.45, 2.75) is 47.0 Å². The highest BCUT2D eigenvalue weighted by Crippen LogP contribution is 2.45. The molecule has 0 radical (unpaired) electrons. The first-order valence-electron chi connectivity index (χ1n) is 12.0. The standard InChI is InChI=1S/C26H32FN5OS/c1-16-28-23(22-20-10-5-17(26(2,3)4)15-21(20)34-24(22)29-16)31-11-13-32(14-12-31)25(33)30-19-8-6-18(27)7-9-19/h6-9,17H,5,10-15H2,1-4H3,(H,30,33)/t17-/m0/s1. The summed E-state index contributed by atoms with van der Waals surface area (Å²) in [6, 6.07) is 5.70. The maximum Gasteiger partial charge on any atom is 0.321 e. The summed E-state index contributed by atoms with van der Waals surface area (Å²) in [5.41, 5.74) is 2.34. The van der Waals surface area contributed by atoms with Gasteiger partial charge in [-0.05, 0) is 67.3 Å². The molecule has 1 aromatic carbocycles. The summed E-state index contributed by atoms with van der Waals surface area (Å²) in [5.74, 6) is 2.19. The number of carbonyl (C=O) groups excluding carboxylic acids is 1. The number of hydrogen-bond acceptors (Lipinski definition) is 5. The van der Waals surface area contributed by atoms with Crippen LogP contribution < -0.4 is 10.2 Å². The fourth-order valence-electron chi connectivity index (χ4n) is 5.09. The Balaban J connectivity index is 1.34. The average Bonchev–Trinajstić information content (AvgIpc) is 3.17. The van der Waals surface area contributed by atoms with Crippen molar-refractivity contribution in [1.29, 1.82) is 0 Å². The van der Waals surface area contributed by atoms with Crippen molar-refractivity contribution in [3.63, 3.8) is 0 Å². The van der Waals surface area contributed by atoms with E-state index in [2.05, 4.69) is 31.0 Å². The van der Waals surface area contributed by atoms with Crippen LogP contribution in [0.25, 0.3) is 10.2 Å². The molecule has 1 fully saturated rings. The number of halogens is 1. The molecule has 8 heteroatoms. The molecule has 0 bridgehead atoms. The minimum atomic E-state index is -0.317. The van der Waals surface area contributed by atoms with Gasteiger partial charge in [0.2, 0.25) is 0 Å². The Labute approximate surface area is 204 Å². The van der Waals surface area contributed by atoms with Gasteiger partial charge in [-0.2, -0.15) is 0 Å². The van der Waals surface area contributed by atoms with Gasteiger partial charge in [0, 0.05) is 36.7 Å². The molecular weight excluding hydrogens is 449 g/mol. The smallest absolute Gasteiger partial charge is 0.321 e. The molecule has 1 saturated heterocycles. The summed E-state index contributed by atoms with van der Waals surface area (Å²) >= 11 is 1.84. The van der Waals surface area contributed by atoms with Crippen molar-refractivity contribution < 1.29 is 9.18 Å². The maximum absolute atomic E-state index is 13.1. The van der Waals surface area contributed by atoms with E-state index < -0.39 is 0 Å². The van der Waals surface area contributed by atoms with Gasteiger partial charge in [-0.3, -0.25) is 0 Å². The number of thiophene rings is 1. The maximum atomic E-state index is 13.1. The number of urea groups is 1. The van der Waals surface area contributed by atoms with Gasteiger partial charge < -0.3 is 15.1 Å². The second kappa shape index (κ2) is 8.80. The molecular formula is C26H32FN5OS. The van der Waals surface area contributed by atoms with E-state index in [1.165, 1.54) is 34.4 Å². The van der Waals surface area contributed by atoms with Crippen molar-refractivity contribution in [2.75, 3.05) is 36.4 Å². The Kier molecular flexibility index (Phi) is 5.96. The SMILES string of the molecule is Cc1nc(N2CCN(C(=O)Nc3ccc(F)cc3)CC2)c2c3c(sc2n1)C[C@@H](C(C)(C)C)CC3. The largest absolute Gasteiger partial charge is 0.352 e. The zero-order valence-electron chi connectivity index (χ0n) is 20.3. The van der Waals surface area contributed by atoms with Crippen LogP contribution >= 0.6 is 11.3 Å². The van der Waals surface area contributed by atoms with E-state index in [9.17, 15) is 9.18 Å². The van der Waals surface area contributed by atoms with Crippen molar-refractivity contribution >= 4 is 39.1 Å². The first-order chi connectivity index (χ1) is 16.2. The summed E-state index contributed by atoms with van der Waals surface area (Å²) in [6.45, 7) is 11.7. The summed E-state index contributed by atoms with van der Waals surface area (Å²) in [6.07, 6.45) is 3.40. The molecule has 6 nitrogen and oxygen atoms in total. The minimum absolute atomic E-state index is 0.156.